The maximum Gasteiger partial charge on any atom is 0.261 e. The maximum absolute atomic E-state index is 12.2. The zero-order valence-electron chi connectivity index (χ0n) is 13.1. The second-order valence-corrected chi connectivity index (χ2v) is 7.97. The minimum atomic E-state index is -3.40. The molecule has 1 aliphatic rings. The van der Waals surface area contributed by atoms with Crippen LogP contribution >= 0.6 is 0 Å². The number of imide groups is 1. The molecule has 1 aliphatic heterocycles. The molecule has 126 valence electrons. The van der Waals surface area contributed by atoms with E-state index >= 15 is 0 Å². The van der Waals surface area contributed by atoms with Crippen molar-refractivity contribution in [1.29, 1.82) is 0 Å². The summed E-state index contributed by atoms with van der Waals surface area (Å²) in [6.45, 7) is 1.67. The first-order valence-corrected chi connectivity index (χ1v) is 9.51. The van der Waals surface area contributed by atoms with Gasteiger partial charge in [-0.15, -0.1) is 0 Å². The Bertz CT molecular complexity index is 663. The molecule has 1 unspecified atom stereocenters. The summed E-state index contributed by atoms with van der Waals surface area (Å²) in [7, 11) is -3.40. The topological polar surface area (TPSA) is 91.8 Å². The Kier molecular flexibility index (Phi) is 5.54. The second-order valence-electron chi connectivity index (χ2n) is 5.74. The van der Waals surface area contributed by atoms with Crippen molar-refractivity contribution in [2.24, 2.45) is 0 Å². The van der Waals surface area contributed by atoms with Gasteiger partial charge in [-0.25, -0.2) is 8.42 Å². The number of unbranched alkanes of at least 4 members (excludes halogenated alkanes) is 2. The van der Waals surface area contributed by atoms with Crippen molar-refractivity contribution in [3.63, 3.8) is 0 Å². The number of carbonyl (C=O) groups excluding carboxylic acids is 2. The molecule has 0 spiro atoms. The average Bonchev–Trinajstić information content (AvgIpc) is 2.72. The number of aliphatic hydroxyl groups excluding tert-OH is 1. The number of aliphatic hydroxyl groups is 1. The molecular formula is C16H21NO5S. The first kappa shape index (κ1) is 17.6. The van der Waals surface area contributed by atoms with Crippen molar-refractivity contribution >= 4 is 21.7 Å². The van der Waals surface area contributed by atoms with Crippen molar-refractivity contribution in [3.05, 3.63) is 35.4 Å². The van der Waals surface area contributed by atoms with Crippen LogP contribution < -0.4 is 0 Å². The summed E-state index contributed by atoms with van der Waals surface area (Å²) in [6.07, 6.45) is 1.00. The molecule has 0 aliphatic carbocycles. The highest BCUT2D eigenvalue weighted by atomic mass is 32.2. The lowest BCUT2D eigenvalue weighted by molar-refractivity contribution is 0.0565. The standard InChI is InChI=1S/C16H21NO5S/c1-2-3-6-9-23(21,22)11-12(18)10-17-15(19)13-7-4-5-8-14(13)16(17)20/h4-5,7-8,12,18H,2-3,6,9-11H2,1H3. The predicted molar refractivity (Wildman–Crippen MR) is 86.0 cm³/mol. The normalized spacial score (nSPS) is 15.8. The van der Waals surface area contributed by atoms with E-state index in [1.165, 1.54) is 0 Å². The van der Waals surface area contributed by atoms with Crippen molar-refractivity contribution < 1.29 is 23.1 Å². The molecule has 2 rings (SSSR count). The number of benzene rings is 1. The van der Waals surface area contributed by atoms with E-state index in [1.807, 2.05) is 6.92 Å². The molecule has 0 fully saturated rings. The van der Waals surface area contributed by atoms with Gasteiger partial charge in [-0.1, -0.05) is 31.9 Å². The Labute approximate surface area is 136 Å². The molecule has 6 nitrogen and oxygen atoms in total. The van der Waals surface area contributed by atoms with E-state index in [0.29, 0.717) is 6.42 Å². The minimum Gasteiger partial charge on any atom is -0.390 e. The van der Waals surface area contributed by atoms with Crippen LogP contribution in [0.1, 0.15) is 46.9 Å². The van der Waals surface area contributed by atoms with Crippen molar-refractivity contribution in [2.75, 3.05) is 18.1 Å². The van der Waals surface area contributed by atoms with E-state index in [9.17, 15) is 23.1 Å². The van der Waals surface area contributed by atoms with Gasteiger partial charge in [0, 0.05) is 0 Å². The Balaban J connectivity index is 1.98. The fourth-order valence-corrected chi connectivity index (χ4v) is 4.12. The summed E-state index contributed by atoms with van der Waals surface area (Å²) in [5, 5.41) is 9.99. The van der Waals surface area contributed by atoms with Crippen LogP contribution in [0.25, 0.3) is 0 Å². The molecule has 0 radical (unpaired) electrons. The van der Waals surface area contributed by atoms with Crippen LogP contribution in [0.4, 0.5) is 0 Å². The minimum absolute atomic E-state index is 0.0139. The van der Waals surface area contributed by atoms with E-state index in [4.69, 9.17) is 0 Å². The van der Waals surface area contributed by atoms with E-state index < -0.39 is 33.5 Å². The second kappa shape index (κ2) is 7.23. The molecule has 1 atom stereocenters. The van der Waals surface area contributed by atoms with Gasteiger partial charge in [-0.3, -0.25) is 14.5 Å². The van der Waals surface area contributed by atoms with Gasteiger partial charge in [-0.05, 0) is 18.6 Å². The fourth-order valence-electron chi connectivity index (χ4n) is 2.62. The van der Waals surface area contributed by atoms with E-state index in [2.05, 4.69) is 0 Å². The lowest BCUT2D eigenvalue weighted by Crippen LogP contribution is -2.40. The van der Waals surface area contributed by atoms with E-state index in [0.717, 1.165) is 17.7 Å². The van der Waals surface area contributed by atoms with Crippen LogP contribution in [0.3, 0.4) is 0 Å². The van der Waals surface area contributed by atoms with Gasteiger partial charge in [0.1, 0.15) is 0 Å². The SMILES string of the molecule is CCCCCS(=O)(=O)CC(O)CN1C(=O)c2ccccc2C1=O. The molecular weight excluding hydrogens is 318 g/mol. The monoisotopic (exact) mass is 339 g/mol. The number of hydrogen-bond acceptors (Lipinski definition) is 5. The van der Waals surface area contributed by atoms with Gasteiger partial charge in [0.05, 0.1) is 35.3 Å². The zero-order valence-corrected chi connectivity index (χ0v) is 13.9. The largest absolute Gasteiger partial charge is 0.390 e. The Morgan fingerprint density at radius 3 is 2.17 bits per heavy atom. The fraction of sp³-hybridized carbons (Fsp3) is 0.500. The number of sulfone groups is 1. The third-order valence-electron chi connectivity index (χ3n) is 3.78. The lowest BCUT2D eigenvalue weighted by Gasteiger charge is -2.18. The Hall–Kier alpha value is -1.73. The summed E-state index contributed by atoms with van der Waals surface area (Å²) < 4.78 is 23.8. The summed E-state index contributed by atoms with van der Waals surface area (Å²) in [5.41, 5.74) is 0.575. The van der Waals surface area contributed by atoms with Crippen LogP contribution in [-0.2, 0) is 9.84 Å². The zero-order chi connectivity index (χ0) is 17.0. The van der Waals surface area contributed by atoms with Crippen LogP contribution in [0, 0.1) is 0 Å². The van der Waals surface area contributed by atoms with Gasteiger partial charge in [-0.2, -0.15) is 0 Å². The first-order chi connectivity index (χ1) is 10.9. The average molecular weight is 339 g/mol. The molecule has 0 saturated carbocycles. The summed E-state index contributed by atoms with van der Waals surface area (Å²) in [5.74, 6) is -1.41. The first-order valence-electron chi connectivity index (χ1n) is 7.69. The van der Waals surface area contributed by atoms with Crippen molar-refractivity contribution in [1.82, 2.24) is 4.90 Å². The predicted octanol–water partition coefficient (Wildman–Crippen LogP) is 1.25. The van der Waals surface area contributed by atoms with Crippen LogP contribution in [0.5, 0.6) is 0 Å². The number of amides is 2. The highest BCUT2D eigenvalue weighted by Crippen LogP contribution is 2.22. The molecule has 1 N–H and O–H groups in total. The number of nitrogens with zero attached hydrogens (tertiary/aromatic N) is 1. The van der Waals surface area contributed by atoms with Gasteiger partial charge in [0.25, 0.3) is 11.8 Å². The third-order valence-corrected chi connectivity index (χ3v) is 5.58. The highest BCUT2D eigenvalue weighted by molar-refractivity contribution is 7.91. The van der Waals surface area contributed by atoms with Crippen LogP contribution in [-0.4, -0.2) is 54.4 Å². The Morgan fingerprint density at radius 1 is 1.09 bits per heavy atom. The summed E-state index contributed by atoms with van der Waals surface area (Å²) in [4.78, 5) is 25.2. The van der Waals surface area contributed by atoms with Crippen LogP contribution in [0.2, 0.25) is 0 Å². The van der Waals surface area contributed by atoms with E-state index in [-0.39, 0.29) is 23.4 Å². The van der Waals surface area contributed by atoms with Crippen molar-refractivity contribution in [3.8, 4) is 0 Å². The molecule has 1 aromatic carbocycles. The smallest absolute Gasteiger partial charge is 0.261 e. The molecule has 0 aromatic heterocycles. The molecule has 2 amide bonds. The molecule has 0 bridgehead atoms. The van der Waals surface area contributed by atoms with E-state index in [1.54, 1.807) is 24.3 Å². The summed E-state index contributed by atoms with van der Waals surface area (Å²) >= 11 is 0. The number of rotatable bonds is 8. The molecule has 7 heteroatoms. The van der Waals surface area contributed by atoms with Gasteiger partial charge in [0.15, 0.2) is 9.84 Å². The van der Waals surface area contributed by atoms with Crippen LogP contribution in [0.15, 0.2) is 24.3 Å². The number of β-amino-alcohol motifs (C(OH)–C–C–N with tert-alkyl or cyclic N) is 1. The lowest BCUT2D eigenvalue weighted by atomic mass is 10.1. The number of fused-ring (bicyclic) bond motifs is 1. The Morgan fingerprint density at radius 2 is 1.65 bits per heavy atom. The highest BCUT2D eigenvalue weighted by Gasteiger charge is 2.36. The molecule has 1 aromatic rings. The van der Waals surface area contributed by atoms with Gasteiger partial charge < -0.3 is 5.11 Å². The number of hydrogen-bond donors (Lipinski definition) is 1. The quantitative estimate of drug-likeness (QED) is 0.568. The third kappa shape index (κ3) is 4.17. The maximum atomic E-state index is 12.2. The number of carbonyl (C=O) groups is 2. The molecule has 23 heavy (non-hydrogen) atoms. The van der Waals surface area contributed by atoms with Gasteiger partial charge in [0.2, 0.25) is 0 Å². The summed E-state index contributed by atoms with van der Waals surface area (Å²) in [6, 6.07) is 6.40. The van der Waals surface area contributed by atoms with Gasteiger partial charge >= 0.3 is 0 Å². The molecule has 0 saturated heterocycles. The molecule has 1 heterocycles. The van der Waals surface area contributed by atoms with Crippen molar-refractivity contribution in [2.45, 2.75) is 32.3 Å².